The zero-order valence-corrected chi connectivity index (χ0v) is 20.3. The molecular weight excluding hydrogens is 492 g/mol. The molecule has 1 aliphatic heterocycles. The lowest BCUT2D eigenvalue weighted by Gasteiger charge is -2.31. The number of fused-ring (bicyclic) bond motifs is 3. The molecule has 3 aromatic carbocycles. The van der Waals surface area contributed by atoms with E-state index in [-0.39, 0.29) is 17.5 Å². The van der Waals surface area contributed by atoms with Crippen molar-refractivity contribution in [1.82, 2.24) is 0 Å². The van der Waals surface area contributed by atoms with Crippen LogP contribution in [0.1, 0.15) is 41.2 Å². The Hall–Kier alpha value is -3.50. The van der Waals surface area contributed by atoms with E-state index in [1.165, 1.54) is 13.2 Å². The van der Waals surface area contributed by atoms with Crippen LogP contribution in [-0.4, -0.2) is 28.1 Å². The molecule has 0 spiro atoms. The van der Waals surface area contributed by atoms with Crippen molar-refractivity contribution in [3.63, 3.8) is 0 Å². The van der Waals surface area contributed by atoms with Gasteiger partial charge in [-0.2, -0.15) is 8.78 Å². The normalized spacial score (nSPS) is 14.5. The van der Waals surface area contributed by atoms with E-state index in [9.17, 15) is 22.0 Å². The number of aryl methyl sites for hydroxylation is 1. The number of carbonyl (C=O) groups excluding carboxylic acids is 1. The lowest BCUT2D eigenvalue weighted by molar-refractivity contribution is -0.140. The van der Waals surface area contributed by atoms with Crippen molar-refractivity contribution in [3.8, 4) is 22.6 Å². The molecule has 10 heteroatoms. The average Bonchev–Trinajstić information content (AvgIpc) is 2.82. The zero-order valence-electron chi connectivity index (χ0n) is 19.4. The number of nitrogens with two attached hydrogens (primary N) is 1. The largest absolute Gasteiger partial charge is 0.480 e. The number of esters is 1. The van der Waals surface area contributed by atoms with Crippen LogP contribution >= 0.6 is 0 Å². The fourth-order valence-electron chi connectivity index (χ4n) is 4.28. The summed E-state index contributed by atoms with van der Waals surface area (Å²) in [6, 6.07) is 17.2. The van der Waals surface area contributed by atoms with Gasteiger partial charge in [0.1, 0.15) is 17.6 Å². The molecule has 0 fully saturated rings. The Morgan fingerprint density at radius 1 is 1.08 bits per heavy atom. The van der Waals surface area contributed by atoms with Crippen LogP contribution in [0.4, 0.5) is 8.78 Å². The molecule has 0 bridgehead atoms. The average molecular weight is 518 g/mol. The highest BCUT2D eigenvalue weighted by Crippen LogP contribution is 2.49. The molecule has 1 aliphatic rings. The maximum atomic E-state index is 13.1. The van der Waals surface area contributed by atoms with Gasteiger partial charge in [0.05, 0.1) is 18.4 Å². The smallest absolute Gasteiger partial charge is 0.387 e. The van der Waals surface area contributed by atoms with E-state index in [1.54, 1.807) is 30.3 Å². The summed E-state index contributed by atoms with van der Waals surface area (Å²) in [6.07, 6.45) is 1.03. The highest BCUT2D eigenvalue weighted by atomic mass is 32.2. The lowest BCUT2D eigenvalue weighted by atomic mass is 9.87. The molecule has 0 aromatic heterocycles. The van der Waals surface area contributed by atoms with Crippen LogP contribution in [0.5, 0.6) is 11.5 Å². The fourth-order valence-corrected chi connectivity index (χ4v) is 4.93. The van der Waals surface area contributed by atoms with E-state index in [4.69, 9.17) is 14.6 Å². The van der Waals surface area contributed by atoms with Crippen molar-refractivity contribution >= 4 is 16.0 Å². The second-order valence-corrected chi connectivity index (χ2v) is 10.0. The van der Waals surface area contributed by atoms with Crippen molar-refractivity contribution in [1.29, 1.82) is 0 Å². The van der Waals surface area contributed by atoms with Crippen molar-refractivity contribution < 1.29 is 36.2 Å². The first kappa shape index (κ1) is 25.6. The number of halogens is 2. The SMILES string of the molecule is COC(=O)CCCc1ccc(C2Oc3cccc(OC(F)F)c3-c3ccc(CS(N)(=O)=O)cc32)cc1. The first-order valence-electron chi connectivity index (χ1n) is 11.2. The maximum absolute atomic E-state index is 13.1. The van der Waals surface area contributed by atoms with Gasteiger partial charge in [-0.15, -0.1) is 0 Å². The van der Waals surface area contributed by atoms with Gasteiger partial charge in [-0.1, -0.05) is 48.5 Å². The third-order valence-corrected chi connectivity index (χ3v) is 6.58. The van der Waals surface area contributed by atoms with Crippen LogP contribution in [0.15, 0.2) is 60.7 Å². The number of alkyl halides is 2. The van der Waals surface area contributed by atoms with E-state index < -0.39 is 22.7 Å². The Morgan fingerprint density at radius 3 is 2.47 bits per heavy atom. The number of rotatable bonds is 9. The first-order valence-corrected chi connectivity index (χ1v) is 12.9. The molecular formula is C26H25F2NO6S. The number of primary sulfonamides is 1. The summed E-state index contributed by atoms with van der Waals surface area (Å²) in [5, 5.41) is 5.24. The highest BCUT2D eigenvalue weighted by molar-refractivity contribution is 7.88. The van der Waals surface area contributed by atoms with E-state index >= 15 is 0 Å². The molecule has 0 radical (unpaired) electrons. The lowest BCUT2D eigenvalue weighted by Crippen LogP contribution is -2.18. The fraction of sp³-hybridized carbons (Fsp3) is 0.269. The third-order valence-electron chi connectivity index (χ3n) is 5.84. The minimum atomic E-state index is -3.79. The molecule has 0 amide bonds. The molecule has 7 nitrogen and oxygen atoms in total. The molecule has 1 heterocycles. The standard InChI is InChI=1S/C26H25F2NO6S/c1-33-23(30)7-2-4-16-8-11-18(12-9-16)25-20-14-17(15-36(29,31)32)10-13-19(20)24-21(34-25)5-3-6-22(24)35-26(27)28/h3,5-6,8-14,25-26H,2,4,7,15H2,1H3,(H2,29,31,32). The van der Waals surface area contributed by atoms with Gasteiger partial charge in [-0.3, -0.25) is 4.79 Å². The second-order valence-electron chi connectivity index (χ2n) is 8.41. The number of benzene rings is 3. The maximum Gasteiger partial charge on any atom is 0.387 e. The number of hydrogen-bond donors (Lipinski definition) is 1. The molecule has 1 unspecified atom stereocenters. The van der Waals surface area contributed by atoms with Gasteiger partial charge in [0.15, 0.2) is 0 Å². The van der Waals surface area contributed by atoms with Crippen molar-refractivity contribution in [3.05, 3.63) is 82.9 Å². The topological polar surface area (TPSA) is 105 Å². The van der Waals surface area contributed by atoms with Crippen LogP contribution in [-0.2, 0) is 31.7 Å². The summed E-state index contributed by atoms with van der Waals surface area (Å²) < 4.78 is 65.2. The molecule has 36 heavy (non-hydrogen) atoms. The summed E-state index contributed by atoms with van der Waals surface area (Å²) >= 11 is 0. The van der Waals surface area contributed by atoms with Gasteiger partial charge in [0, 0.05) is 12.0 Å². The molecule has 3 aromatic rings. The van der Waals surface area contributed by atoms with Crippen molar-refractivity contribution in [2.24, 2.45) is 5.14 Å². The van der Waals surface area contributed by atoms with Crippen LogP contribution < -0.4 is 14.6 Å². The molecule has 190 valence electrons. The number of sulfonamides is 1. The molecule has 1 atom stereocenters. The van der Waals surface area contributed by atoms with Crippen molar-refractivity contribution in [2.75, 3.05) is 7.11 Å². The van der Waals surface area contributed by atoms with Gasteiger partial charge >= 0.3 is 12.6 Å². The summed E-state index contributed by atoms with van der Waals surface area (Å²) in [5.74, 6) is -0.314. The van der Waals surface area contributed by atoms with Gasteiger partial charge < -0.3 is 14.2 Å². The number of carbonyl (C=O) groups is 1. The summed E-state index contributed by atoms with van der Waals surface area (Å²) in [6.45, 7) is -3.02. The van der Waals surface area contributed by atoms with Gasteiger partial charge in [0.2, 0.25) is 10.0 Å². The van der Waals surface area contributed by atoms with Crippen molar-refractivity contribution in [2.45, 2.75) is 37.7 Å². The first-order chi connectivity index (χ1) is 17.1. The molecule has 2 N–H and O–H groups in total. The Bertz CT molecular complexity index is 1360. The van der Waals surface area contributed by atoms with E-state index in [0.29, 0.717) is 47.3 Å². The van der Waals surface area contributed by atoms with Crippen LogP contribution in [0.3, 0.4) is 0 Å². The predicted octanol–water partition coefficient (Wildman–Crippen LogP) is 4.72. The van der Waals surface area contributed by atoms with E-state index in [0.717, 1.165) is 11.1 Å². The number of ether oxygens (including phenoxy) is 3. The Morgan fingerprint density at radius 2 is 1.81 bits per heavy atom. The number of hydrogen-bond acceptors (Lipinski definition) is 6. The zero-order chi connectivity index (χ0) is 25.9. The quantitative estimate of drug-likeness (QED) is 0.412. The van der Waals surface area contributed by atoms with Gasteiger partial charge in [-0.25, -0.2) is 13.6 Å². The monoisotopic (exact) mass is 517 g/mol. The van der Waals surface area contributed by atoms with Crippen LogP contribution in [0.25, 0.3) is 11.1 Å². The predicted molar refractivity (Wildman–Crippen MR) is 129 cm³/mol. The Labute approximate surface area is 207 Å². The third kappa shape index (κ3) is 6.00. The molecule has 0 saturated carbocycles. The summed E-state index contributed by atoms with van der Waals surface area (Å²) in [7, 11) is -2.44. The van der Waals surface area contributed by atoms with Gasteiger partial charge in [-0.05, 0) is 47.2 Å². The Balaban J connectivity index is 1.71. The summed E-state index contributed by atoms with van der Waals surface area (Å²) in [5.41, 5.74) is 3.82. The van der Waals surface area contributed by atoms with Crippen LogP contribution in [0, 0.1) is 0 Å². The van der Waals surface area contributed by atoms with Gasteiger partial charge in [0.25, 0.3) is 0 Å². The molecule has 0 aliphatic carbocycles. The minimum Gasteiger partial charge on any atom is -0.480 e. The number of methoxy groups -OCH3 is 1. The minimum absolute atomic E-state index is 0.0395. The molecule has 4 rings (SSSR count). The highest BCUT2D eigenvalue weighted by Gasteiger charge is 2.31. The van der Waals surface area contributed by atoms with Crippen LogP contribution in [0.2, 0.25) is 0 Å². The molecule has 0 saturated heterocycles. The van der Waals surface area contributed by atoms with E-state index in [2.05, 4.69) is 4.74 Å². The Kier molecular flexibility index (Phi) is 7.56. The summed E-state index contributed by atoms with van der Waals surface area (Å²) in [4.78, 5) is 11.3. The van der Waals surface area contributed by atoms with E-state index in [1.807, 2.05) is 24.3 Å². The second kappa shape index (κ2) is 10.6.